The molecule has 1 aliphatic carbocycles. The lowest BCUT2D eigenvalue weighted by molar-refractivity contribution is 0.0760. The number of carbonyl (C=O) groups is 2. The fraction of sp³-hybridized carbons (Fsp3) is 0.462. The molecule has 0 aromatic heterocycles. The number of hydrogen-bond donors (Lipinski definition) is 2. The van der Waals surface area contributed by atoms with Crippen molar-refractivity contribution in [3.8, 4) is 0 Å². The van der Waals surface area contributed by atoms with Crippen LogP contribution in [0.2, 0.25) is 0 Å². The first kappa shape index (κ1) is 22.2. The van der Waals surface area contributed by atoms with E-state index in [9.17, 15) is 9.59 Å². The van der Waals surface area contributed by atoms with Crippen molar-refractivity contribution in [3.63, 3.8) is 0 Å². The summed E-state index contributed by atoms with van der Waals surface area (Å²) in [7, 11) is 0. The number of unbranched alkanes of at least 4 members (excludes halogenated alkanes) is 4. The molecule has 2 aromatic rings. The Morgan fingerprint density at radius 1 is 1.00 bits per heavy atom. The number of carbonyl (C=O) groups excluding carboxylic acids is 2. The van der Waals surface area contributed by atoms with Crippen molar-refractivity contribution in [2.75, 3.05) is 5.73 Å². The summed E-state index contributed by atoms with van der Waals surface area (Å²) in [5.74, 6) is -0.194. The number of Topliss-reactive ketones (excluding diaryl/α,β-unsaturated/α-hetero) is 2. The van der Waals surface area contributed by atoms with Gasteiger partial charge in [-0.3, -0.25) is 9.59 Å². The zero-order valence-corrected chi connectivity index (χ0v) is 18.3. The Balaban J connectivity index is 2.03. The van der Waals surface area contributed by atoms with Crippen LogP contribution in [0, 0.1) is 6.07 Å². The number of anilines is 1. The van der Waals surface area contributed by atoms with Crippen molar-refractivity contribution < 1.29 is 9.59 Å². The molecule has 0 spiro atoms. The molecule has 2 atom stereocenters. The topological polar surface area (TPSA) is 86.2 Å². The Labute approximate surface area is 180 Å². The van der Waals surface area contributed by atoms with Crippen LogP contribution in [0.3, 0.4) is 0 Å². The number of nitrogen functional groups attached to an aromatic ring is 1. The minimum atomic E-state index is -1.45. The predicted octanol–water partition coefficient (Wildman–Crippen LogP) is 5.20. The van der Waals surface area contributed by atoms with Crippen LogP contribution in [0.15, 0.2) is 36.4 Å². The molecule has 0 bridgehead atoms. The van der Waals surface area contributed by atoms with E-state index in [2.05, 4.69) is 26.8 Å². The van der Waals surface area contributed by atoms with Crippen molar-refractivity contribution in [2.24, 2.45) is 5.73 Å². The van der Waals surface area contributed by atoms with Gasteiger partial charge in [-0.25, -0.2) is 0 Å². The minimum Gasteiger partial charge on any atom is -0.398 e. The Hall–Kier alpha value is -2.46. The summed E-state index contributed by atoms with van der Waals surface area (Å²) < 4.78 is 0. The molecule has 0 saturated carbocycles. The van der Waals surface area contributed by atoms with Crippen LogP contribution in [0.5, 0.6) is 0 Å². The highest BCUT2D eigenvalue weighted by Crippen LogP contribution is 2.44. The second-order valence-electron chi connectivity index (χ2n) is 8.74. The normalized spacial score (nSPS) is 19.4. The van der Waals surface area contributed by atoms with Crippen molar-refractivity contribution in [3.05, 3.63) is 64.7 Å². The van der Waals surface area contributed by atoms with E-state index in [4.69, 9.17) is 11.5 Å². The molecule has 1 aliphatic rings. The molecule has 0 saturated heterocycles. The van der Waals surface area contributed by atoms with E-state index in [1.165, 1.54) is 12.8 Å². The van der Waals surface area contributed by atoms with Crippen LogP contribution in [-0.2, 0) is 5.41 Å². The molecule has 0 aliphatic heterocycles. The number of fused-ring (bicyclic) bond motifs is 1. The average Bonchev–Trinajstić information content (AvgIpc) is 2.96. The molecule has 2 aromatic carbocycles. The second-order valence-corrected chi connectivity index (χ2v) is 8.74. The molecule has 159 valence electrons. The highest BCUT2D eigenvalue weighted by molar-refractivity contribution is 6.35. The third kappa shape index (κ3) is 3.69. The fourth-order valence-corrected chi connectivity index (χ4v) is 4.53. The van der Waals surface area contributed by atoms with Gasteiger partial charge in [0.1, 0.15) is 5.41 Å². The average molecular weight is 406 g/mol. The van der Waals surface area contributed by atoms with Gasteiger partial charge in [-0.2, -0.15) is 0 Å². The number of ketones is 2. The van der Waals surface area contributed by atoms with Gasteiger partial charge in [0.25, 0.3) is 0 Å². The first-order valence-corrected chi connectivity index (χ1v) is 11.1. The van der Waals surface area contributed by atoms with E-state index >= 15 is 0 Å². The Bertz CT molecular complexity index is 917. The zero-order chi connectivity index (χ0) is 21.9. The fourth-order valence-electron chi connectivity index (χ4n) is 4.53. The Morgan fingerprint density at radius 3 is 2.33 bits per heavy atom. The smallest absolute Gasteiger partial charge is 0.185 e. The largest absolute Gasteiger partial charge is 0.398 e. The summed E-state index contributed by atoms with van der Waals surface area (Å²) in [6.45, 7) is 6.38. The number of nitrogens with two attached hydrogens (primary N) is 2. The van der Waals surface area contributed by atoms with Crippen molar-refractivity contribution >= 4 is 17.3 Å². The van der Waals surface area contributed by atoms with Gasteiger partial charge in [-0.1, -0.05) is 83.2 Å². The van der Waals surface area contributed by atoms with Crippen molar-refractivity contribution in [1.29, 1.82) is 0 Å². The third-order valence-electron chi connectivity index (χ3n) is 6.39. The van der Waals surface area contributed by atoms with Gasteiger partial charge in [0.2, 0.25) is 0 Å². The van der Waals surface area contributed by atoms with E-state index in [0.29, 0.717) is 34.7 Å². The summed E-state index contributed by atoms with van der Waals surface area (Å²) in [4.78, 5) is 27.4. The number of hydrogen-bond acceptors (Lipinski definition) is 4. The second kappa shape index (κ2) is 9.13. The predicted molar refractivity (Wildman–Crippen MR) is 122 cm³/mol. The van der Waals surface area contributed by atoms with Crippen LogP contribution in [-0.4, -0.2) is 17.6 Å². The van der Waals surface area contributed by atoms with Crippen LogP contribution in [0.25, 0.3) is 0 Å². The lowest BCUT2D eigenvalue weighted by Crippen LogP contribution is -2.53. The van der Waals surface area contributed by atoms with Crippen LogP contribution >= 0.6 is 0 Å². The number of benzene rings is 2. The Morgan fingerprint density at radius 2 is 1.73 bits per heavy atom. The standard InChI is InChI=1S/C26H33N2O2/c1-4-5-6-7-8-12-22(28)26(19-15-13-18(14-16-19)17(2)3)24(29)20-10-9-11-21(27)23(20)25(26)30/h9-11,13-15,17,22H,4-8,12,27-28H2,1-3H3. The molecule has 30 heavy (non-hydrogen) atoms. The van der Waals surface area contributed by atoms with Crippen LogP contribution in [0.4, 0.5) is 5.69 Å². The minimum absolute atomic E-state index is 0.246. The van der Waals surface area contributed by atoms with Gasteiger partial charge in [0.15, 0.2) is 11.6 Å². The Kier molecular flexibility index (Phi) is 6.77. The van der Waals surface area contributed by atoms with E-state index in [-0.39, 0.29) is 11.6 Å². The third-order valence-corrected chi connectivity index (χ3v) is 6.39. The first-order chi connectivity index (χ1) is 14.4. The van der Waals surface area contributed by atoms with Gasteiger partial charge < -0.3 is 11.5 Å². The van der Waals surface area contributed by atoms with Gasteiger partial charge in [0.05, 0.1) is 5.56 Å². The highest BCUT2D eigenvalue weighted by atomic mass is 16.2. The molecule has 1 radical (unpaired) electrons. The van der Waals surface area contributed by atoms with Crippen LogP contribution in [0.1, 0.15) is 97.1 Å². The number of rotatable bonds is 9. The maximum Gasteiger partial charge on any atom is 0.185 e. The van der Waals surface area contributed by atoms with Crippen molar-refractivity contribution in [2.45, 2.75) is 76.7 Å². The molecule has 0 fully saturated rings. The molecular formula is C26H33N2O2. The molecule has 0 amide bonds. The molecule has 4 N–H and O–H groups in total. The summed E-state index contributed by atoms with van der Waals surface area (Å²) in [6.07, 6.45) is 6.03. The summed E-state index contributed by atoms with van der Waals surface area (Å²) in [5, 5.41) is 0. The van der Waals surface area contributed by atoms with E-state index in [1.807, 2.05) is 18.2 Å². The van der Waals surface area contributed by atoms with Gasteiger partial charge in [-0.15, -0.1) is 0 Å². The molecule has 2 unspecified atom stereocenters. The molecule has 0 heterocycles. The maximum absolute atomic E-state index is 13.7. The van der Waals surface area contributed by atoms with Gasteiger partial charge >= 0.3 is 0 Å². The summed E-state index contributed by atoms with van der Waals surface area (Å²) in [5.41, 5.74) is 14.0. The molecule has 4 heteroatoms. The molecule has 3 rings (SSSR count). The first-order valence-electron chi connectivity index (χ1n) is 11.1. The molecular weight excluding hydrogens is 372 g/mol. The lowest BCUT2D eigenvalue weighted by atomic mass is 9.68. The van der Waals surface area contributed by atoms with E-state index in [0.717, 1.165) is 24.8 Å². The van der Waals surface area contributed by atoms with Crippen molar-refractivity contribution in [1.82, 2.24) is 0 Å². The zero-order valence-electron chi connectivity index (χ0n) is 18.3. The lowest BCUT2D eigenvalue weighted by Gasteiger charge is -2.33. The van der Waals surface area contributed by atoms with Crippen LogP contribution < -0.4 is 11.5 Å². The monoisotopic (exact) mass is 405 g/mol. The van der Waals surface area contributed by atoms with E-state index < -0.39 is 11.5 Å². The quantitative estimate of drug-likeness (QED) is 0.341. The molecule has 4 nitrogen and oxygen atoms in total. The SMILES string of the molecule is CCCCCCCC(N)C1(c2[c]cc(C(C)C)cc2)C(=O)c2cccc(N)c2C1=O. The van der Waals surface area contributed by atoms with E-state index in [1.54, 1.807) is 18.2 Å². The van der Waals surface area contributed by atoms with Gasteiger partial charge in [-0.05, 0) is 35.6 Å². The summed E-state index contributed by atoms with van der Waals surface area (Å²) >= 11 is 0. The maximum atomic E-state index is 13.7. The highest BCUT2D eigenvalue weighted by Gasteiger charge is 2.58. The summed E-state index contributed by atoms with van der Waals surface area (Å²) in [6, 6.07) is 13.4. The van der Waals surface area contributed by atoms with Gasteiger partial charge in [0, 0.05) is 17.3 Å².